The maximum atomic E-state index is 12.7. The van der Waals surface area contributed by atoms with Gasteiger partial charge in [0.25, 0.3) is 5.91 Å². The number of amides is 3. The van der Waals surface area contributed by atoms with E-state index in [1.807, 2.05) is 0 Å². The third-order valence-electron chi connectivity index (χ3n) is 4.68. The minimum Gasteiger partial charge on any atom is -0.508 e. The normalized spacial score (nSPS) is 19.5. The molecule has 2 aliphatic heterocycles. The average Bonchev–Trinajstić information content (AvgIpc) is 2.99. The molecular weight excluding hydrogens is 348 g/mol. The second kappa shape index (κ2) is 6.64. The largest absolute Gasteiger partial charge is 0.508 e. The van der Waals surface area contributed by atoms with Crippen LogP contribution in [0.5, 0.6) is 5.75 Å². The second-order valence-corrected chi connectivity index (χ2v) is 6.42. The highest BCUT2D eigenvalue weighted by molar-refractivity contribution is 6.06. The van der Waals surface area contributed by atoms with Gasteiger partial charge >= 0.3 is 0 Å². The number of hydrogen-bond acceptors (Lipinski definition) is 6. The van der Waals surface area contributed by atoms with E-state index in [1.165, 1.54) is 17.0 Å². The van der Waals surface area contributed by atoms with Gasteiger partial charge in [0.1, 0.15) is 11.8 Å². The fraction of sp³-hybridized carbons (Fsp3) is 0.211. The first-order valence-corrected chi connectivity index (χ1v) is 8.50. The molecule has 2 heterocycles. The molecule has 8 nitrogen and oxygen atoms in total. The molecule has 0 bridgehead atoms. The van der Waals surface area contributed by atoms with Crippen molar-refractivity contribution in [3.63, 3.8) is 0 Å². The van der Waals surface area contributed by atoms with Crippen molar-refractivity contribution in [3.8, 4) is 5.75 Å². The summed E-state index contributed by atoms with van der Waals surface area (Å²) in [5, 5.41) is 20.0. The minimum absolute atomic E-state index is 0.139. The Morgan fingerprint density at radius 2 is 1.81 bits per heavy atom. The number of piperidine rings is 1. The molecule has 27 heavy (non-hydrogen) atoms. The third kappa shape index (κ3) is 3.17. The Hall–Kier alpha value is -3.55. The fourth-order valence-corrected chi connectivity index (χ4v) is 3.29. The standard InChI is InChI=1S/C19H16N4O4/c24-12-6-4-11(5-7-12)21-22-15-3-1-2-13-14(15)10-23(19(13)27)16-8-9-17(25)20-18(16)26/h1-7,16,24H,8-10H2,(H,20,25,26)/b22-21+. The van der Waals surface area contributed by atoms with Crippen LogP contribution in [0.25, 0.3) is 0 Å². The number of rotatable bonds is 3. The van der Waals surface area contributed by atoms with Gasteiger partial charge in [-0.05, 0) is 42.8 Å². The molecule has 1 unspecified atom stereocenters. The Morgan fingerprint density at radius 1 is 1.04 bits per heavy atom. The fourth-order valence-electron chi connectivity index (χ4n) is 3.29. The molecule has 1 fully saturated rings. The zero-order valence-corrected chi connectivity index (χ0v) is 14.3. The molecule has 136 valence electrons. The van der Waals surface area contributed by atoms with E-state index in [1.54, 1.807) is 30.3 Å². The van der Waals surface area contributed by atoms with Crippen molar-refractivity contribution in [1.82, 2.24) is 10.2 Å². The highest BCUT2D eigenvalue weighted by Crippen LogP contribution is 2.34. The third-order valence-corrected chi connectivity index (χ3v) is 4.68. The van der Waals surface area contributed by atoms with Crippen LogP contribution in [0.3, 0.4) is 0 Å². The highest BCUT2D eigenvalue weighted by Gasteiger charge is 2.39. The van der Waals surface area contributed by atoms with E-state index in [-0.39, 0.29) is 30.5 Å². The lowest BCUT2D eigenvalue weighted by Gasteiger charge is -2.29. The van der Waals surface area contributed by atoms with Gasteiger partial charge in [-0.15, -0.1) is 0 Å². The van der Waals surface area contributed by atoms with Crippen LogP contribution >= 0.6 is 0 Å². The van der Waals surface area contributed by atoms with Crippen molar-refractivity contribution < 1.29 is 19.5 Å². The molecular formula is C19H16N4O4. The molecule has 1 atom stereocenters. The topological polar surface area (TPSA) is 111 Å². The van der Waals surface area contributed by atoms with E-state index < -0.39 is 11.9 Å². The van der Waals surface area contributed by atoms with Gasteiger partial charge in [0.15, 0.2) is 0 Å². The summed E-state index contributed by atoms with van der Waals surface area (Å²) < 4.78 is 0. The average molecular weight is 364 g/mol. The van der Waals surface area contributed by atoms with Crippen molar-refractivity contribution in [2.75, 3.05) is 0 Å². The second-order valence-electron chi connectivity index (χ2n) is 6.42. The van der Waals surface area contributed by atoms with Gasteiger partial charge in [-0.1, -0.05) is 6.07 Å². The van der Waals surface area contributed by atoms with E-state index in [0.717, 1.165) is 0 Å². The van der Waals surface area contributed by atoms with Crippen LogP contribution in [-0.2, 0) is 16.1 Å². The maximum Gasteiger partial charge on any atom is 0.255 e. The molecule has 8 heteroatoms. The number of imide groups is 1. The van der Waals surface area contributed by atoms with Crippen LogP contribution in [0.15, 0.2) is 52.7 Å². The van der Waals surface area contributed by atoms with Crippen molar-refractivity contribution in [2.45, 2.75) is 25.4 Å². The zero-order valence-electron chi connectivity index (χ0n) is 14.3. The molecule has 1 saturated heterocycles. The Kier molecular flexibility index (Phi) is 4.15. The number of fused-ring (bicyclic) bond motifs is 1. The molecule has 2 aromatic carbocycles. The SMILES string of the molecule is O=C1CCC(N2Cc3c(/N=N/c4ccc(O)cc4)cccc3C2=O)C(=O)N1. The van der Waals surface area contributed by atoms with E-state index >= 15 is 0 Å². The number of nitrogens with one attached hydrogen (secondary N) is 1. The smallest absolute Gasteiger partial charge is 0.255 e. The van der Waals surface area contributed by atoms with Gasteiger partial charge in [-0.2, -0.15) is 10.2 Å². The van der Waals surface area contributed by atoms with Crippen LogP contribution in [-0.4, -0.2) is 33.8 Å². The summed E-state index contributed by atoms with van der Waals surface area (Å²) in [5.41, 5.74) is 2.30. The molecule has 0 saturated carbocycles. The molecule has 0 aromatic heterocycles. The lowest BCUT2D eigenvalue weighted by Crippen LogP contribution is -2.52. The summed E-state index contributed by atoms with van der Waals surface area (Å²) in [6.07, 6.45) is 0.526. The van der Waals surface area contributed by atoms with Crippen molar-refractivity contribution in [2.24, 2.45) is 10.2 Å². The summed E-state index contributed by atoms with van der Waals surface area (Å²) in [7, 11) is 0. The monoisotopic (exact) mass is 364 g/mol. The van der Waals surface area contributed by atoms with Gasteiger partial charge in [0, 0.05) is 24.1 Å². The quantitative estimate of drug-likeness (QED) is 0.644. The van der Waals surface area contributed by atoms with Crippen LogP contribution < -0.4 is 5.32 Å². The van der Waals surface area contributed by atoms with Gasteiger partial charge in [-0.25, -0.2) is 0 Å². The van der Waals surface area contributed by atoms with Crippen LogP contribution in [0.2, 0.25) is 0 Å². The zero-order chi connectivity index (χ0) is 19.0. The van der Waals surface area contributed by atoms with Crippen molar-refractivity contribution in [3.05, 3.63) is 53.6 Å². The molecule has 3 amide bonds. The Labute approximate surface area is 154 Å². The number of nitrogens with zero attached hydrogens (tertiary/aromatic N) is 3. The predicted octanol–water partition coefficient (Wildman–Crippen LogP) is 2.57. The number of hydrogen-bond donors (Lipinski definition) is 2. The number of benzene rings is 2. The summed E-state index contributed by atoms with van der Waals surface area (Å²) in [4.78, 5) is 37.7. The molecule has 2 aromatic rings. The van der Waals surface area contributed by atoms with Crippen LogP contribution in [0, 0.1) is 0 Å². The number of carbonyl (C=O) groups excluding carboxylic acids is 3. The van der Waals surface area contributed by atoms with Crippen LogP contribution in [0.4, 0.5) is 11.4 Å². The summed E-state index contributed by atoms with van der Waals surface area (Å²) in [6.45, 7) is 0.241. The molecule has 2 N–H and O–H groups in total. The van der Waals surface area contributed by atoms with Gasteiger partial charge in [0.2, 0.25) is 11.8 Å². The van der Waals surface area contributed by atoms with Crippen molar-refractivity contribution >= 4 is 29.1 Å². The summed E-state index contributed by atoms with van der Waals surface area (Å²) >= 11 is 0. The Bertz CT molecular complexity index is 968. The number of phenols is 1. The lowest BCUT2D eigenvalue weighted by molar-refractivity contribution is -0.136. The van der Waals surface area contributed by atoms with E-state index in [9.17, 15) is 19.5 Å². The number of carbonyl (C=O) groups is 3. The van der Waals surface area contributed by atoms with Gasteiger partial charge < -0.3 is 10.0 Å². The number of azo groups is 1. The molecule has 4 rings (SSSR count). The Balaban J connectivity index is 1.60. The Morgan fingerprint density at radius 3 is 2.56 bits per heavy atom. The van der Waals surface area contributed by atoms with E-state index in [4.69, 9.17) is 0 Å². The van der Waals surface area contributed by atoms with E-state index in [0.29, 0.717) is 28.9 Å². The van der Waals surface area contributed by atoms with Crippen LogP contribution in [0.1, 0.15) is 28.8 Å². The molecule has 2 aliphatic rings. The molecule has 0 spiro atoms. The first-order chi connectivity index (χ1) is 13.0. The van der Waals surface area contributed by atoms with E-state index in [2.05, 4.69) is 15.5 Å². The van der Waals surface area contributed by atoms with Gasteiger partial charge in [-0.3, -0.25) is 19.7 Å². The van der Waals surface area contributed by atoms with Gasteiger partial charge in [0.05, 0.1) is 11.4 Å². The van der Waals surface area contributed by atoms with Crippen molar-refractivity contribution in [1.29, 1.82) is 0 Å². The molecule has 0 radical (unpaired) electrons. The minimum atomic E-state index is -0.663. The first-order valence-electron chi connectivity index (χ1n) is 8.50. The lowest BCUT2D eigenvalue weighted by atomic mass is 10.0. The predicted molar refractivity (Wildman–Crippen MR) is 94.8 cm³/mol. The number of phenolic OH excluding ortho intramolecular Hbond substituents is 1. The first kappa shape index (κ1) is 16.9. The summed E-state index contributed by atoms with van der Waals surface area (Å²) in [5.74, 6) is -0.871. The molecule has 0 aliphatic carbocycles. The highest BCUT2D eigenvalue weighted by atomic mass is 16.3. The maximum absolute atomic E-state index is 12.7. The number of aromatic hydroxyl groups is 1. The summed E-state index contributed by atoms with van der Waals surface area (Å²) in [6, 6.07) is 10.8.